The summed E-state index contributed by atoms with van der Waals surface area (Å²) in [4.78, 5) is 4.23. The molecule has 1 aromatic carbocycles. The van der Waals surface area contributed by atoms with Gasteiger partial charge >= 0.3 is 0 Å². The van der Waals surface area contributed by atoms with Crippen molar-refractivity contribution >= 4 is 31.9 Å². The Kier molecular flexibility index (Phi) is 3.96. The van der Waals surface area contributed by atoms with Crippen LogP contribution in [0.1, 0.15) is 5.69 Å². The van der Waals surface area contributed by atoms with Crippen LogP contribution in [0.4, 0.5) is 0 Å². The van der Waals surface area contributed by atoms with E-state index in [0.717, 1.165) is 20.4 Å². The zero-order chi connectivity index (χ0) is 11.4. The monoisotopic (exact) mass is 341 g/mol. The molecule has 1 heterocycles. The van der Waals surface area contributed by atoms with Crippen LogP contribution in [0.3, 0.4) is 0 Å². The Morgan fingerprint density at radius 3 is 2.62 bits per heavy atom. The molecule has 2 aromatic rings. The lowest BCUT2D eigenvalue weighted by molar-refractivity contribution is 0.301. The summed E-state index contributed by atoms with van der Waals surface area (Å²) in [7, 11) is 0. The molecule has 0 saturated heterocycles. The number of hydrogen-bond acceptors (Lipinski definition) is 2. The lowest BCUT2D eigenvalue weighted by Gasteiger charge is -2.05. The molecule has 0 radical (unpaired) electrons. The van der Waals surface area contributed by atoms with Gasteiger partial charge < -0.3 is 4.74 Å². The number of halogens is 2. The van der Waals surface area contributed by atoms with E-state index in [9.17, 15) is 0 Å². The number of benzene rings is 1. The van der Waals surface area contributed by atoms with Gasteiger partial charge in [-0.1, -0.05) is 22.0 Å². The fourth-order valence-corrected chi connectivity index (χ4v) is 1.82. The summed E-state index contributed by atoms with van der Waals surface area (Å²) in [6, 6.07) is 11.6. The smallest absolute Gasteiger partial charge is 0.130 e. The second-order valence-corrected chi connectivity index (χ2v) is 5.05. The normalized spacial score (nSPS) is 10.1. The highest BCUT2D eigenvalue weighted by atomic mass is 79.9. The first-order valence-corrected chi connectivity index (χ1v) is 6.31. The number of aromatic nitrogens is 1. The average Bonchev–Trinajstić information content (AvgIpc) is 2.28. The van der Waals surface area contributed by atoms with Crippen LogP contribution in [0.15, 0.2) is 51.5 Å². The molecule has 0 bridgehead atoms. The first kappa shape index (κ1) is 11.6. The van der Waals surface area contributed by atoms with E-state index in [1.165, 1.54) is 0 Å². The van der Waals surface area contributed by atoms with Crippen LogP contribution < -0.4 is 4.74 Å². The maximum atomic E-state index is 5.60. The van der Waals surface area contributed by atoms with E-state index in [0.29, 0.717) is 6.61 Å². The predicted molar refractivity (Wildman–Crippen MR) is 70.4 cm³/mol. The van der Waals surface area contributed by atoms with E-state index < -0.39 is 0 Å². The predicted octanol–water partition coefficient (Wildman–Crippen LogP) is 4.19. The Bertz CT molecular complexity index is 471. The lowest BCUT2D eigenvalue weighted by Crippen LogP contribution is -1.97. The van der Waals surface area contributed by atoms with Gasteiger partial charge in [-0.05, 0) is 46.3 Å². The Morgan fingerprint density at radius 2 is 1.94 bits per heavy atom. The van der Waals surface area contributed by atoms with Gasteiger partial charge in [0.2, 0.25) is 0 Å². The molecule has 16 heavy (non-hydrogen) atoms. The minimum absolute atomic E-state index is 0.476. The molecule has 0 fully saturated rings. The van der Waals surface area contributed by atoms with Gasteiger partial charge in [0, 0.05) is 15.1 Å². The van der Waals surface area contributed by atoms with Gasteiger partial charge in [-0.15, -0.1) is 0 Å². The second-order valence-electron chi connectivity index (χ2n) is 3.21. The quantitative estimate of drug-likeness (QED) is 0.834. The fourth-order valence-electron chi connectivity index (χ4n) is 1.21. The van der Waals surface area contributed by atoms with Crippen molar-refractivity contribution in [1.29, 1.82) is 0 Å². The molecular formula is C12H9Br2NO. The van der Waals surface area contributed by atoms with Crippen molar-refractivity contribution in [3.8, 4) is 5.75 Å². The Labute approximate surface area is 111 Å². The van der Waals surface area contributed by atoms with Gasteiger partial charge in [-0.25, -0.2) is 0 Å². The van der Waals surface area contributed by atoms with Crippen molar-refractivity contribution in [2.75, 3.05) is 0 Å². The van der Waals surface area contributed by atoms with E-state index in [1.54, 1.807) is 6.20 Å². The van der Waals surface area contributed by atoms with E-state index in [4.69, 9.17) is 4.74 Å². The third-order valence-corrected chi connectivity index (χ3v) is 2.93. The molecule has 0 unspecified atom stereocenters. The van der Waals surface area contributed by atoms with E-state index >= 15 is 0 Å². The van der Waals surface area contributed by atoms with Gasteiger partial charge in [0.05, 0.1) is 5.69 Å². The molecule has 0 amide bonds. The van der Waals surface area contributed by atoms with E-state index in [2.05, 4.69) is 36.8 Å². The number of hydrogen-bond donors (Lipinski definition) is 0. The van der Waals surface area contributed by atoms with Gasteiger partial charge in [0.25, 0.3) is 0 Å². The highest BCUT2D eigenvalue weighted by molar-refractivity contribution is 9.10. The zero-order valence-corrected chi connectivity index (χ0v) is 11.5. The molecule has 0 aliphatic carbocycles. The van der Waals surface area contributed by atoms with Crippen molar-refractivity contribution in [3.63, 3.8) is 0 Å². The summed E-state index contributed by atoms with van der Waals surface area (Å²) < 4.78 is 7.58. The maximum Gasteiger partial charge on any atom is 0.130 e. The third kappa shape index (κ3) is 3.32. The second kappa shape index (κ2) is 5.46. The fraction of sp³-hybridized carbons (Fsp3) is 0.0833. The summed E-state index contributed by atoms with van der Waals surface area (Å²) >= 11 is 6.74. The molecule has 0 aliphatic heterocycles. The standard InChI is InChI=1S/C12H9Br2NO/c13-9-2-1-3-12(6-9)16-8-11-5-4-10(14)7-15-11/h1-7H,8H2. The maximum absolute atomic E-state index is 5.60. The van der Waals surface area contributed by atoms with Crippen LogP contribution in [-0.4, -0.2) is 4.98 Å². The van der Waals surface area contributed by atoms with E-state index in [-0.39, 0.29) is 0 Å². The Hall–Kier alpha value is -0.870. The first-order chi connectivity index (χ1) is 7.74. The van der Waals surface area contributed by atoms with Gasteiger partial charge in [0.15, 0.2) is 0 Å². The van der Waals surface area contributed by atoms with Crippen molar-refractivity contribution in [2.24, 2.45) is 0 Å². The van der Waals surface area contributed by atoms with Gasteiger partial charge in [-0.3, -0.25) is 4.98 Å². The summed E-state index contributed by atoms with van der Waals surface area (Å²) in [5.74, 6) is 0.832. The van der Waals surface area contributed by atoms with Crippen LogP contribution in [0, 0.1) is 0 Å². The summed E-state index contributed by atoms with van der Waals surface area (Å²) in [6.07, 6.45) is 1.76. The molecule has 4 heteroatoms. The largest absolute Gasteiger partial charge is 0.487 e. The minimum Gasteiger partial charge on any atom is -0.487 e. The van der Waals surface area contributed by atoms with E-state index in [1.807, 2.05) is 36.4 Å². The minimum atomic E-state index is 0.476. The Morgan fingerprint density at radius 1 is 1.06 bits per heavy atom. The third-order valence-electron chi connectivity index (χ3n) is 1.97. The SMILES string of the molecule is Brc1ccc(COc2cccc(Br)c2)nc1. The summed E-state index contributed by atoms with van der Waals surface area (Å²) in [5, 5.41) is 0. The molecule has 0 N–H and O–H groups in total. The molecule has 82 valence electrons. The summed E-state index contributed by atoms with van der Waals surface area (Å²) in [5.41, 5.74) is 0.906. The van der Waals surface area contributed by atoms with Crippen LogP contribution in [0.5, 0.6) is 5.75 Å². The molecular weight excluding hydrogens is 334 g/mol. The van der Waals surface area contributed by atoms with Crippen molar-refractivity contribution < 1.29 is 4.74 Å². The lowest BCUT2D eigenvalue weighted by atomic mass is 10.3. The number of pyridine rings is 1. The highest BCUT2D eigenvalue weighted by Gasteiger charge is 1.97. The number of nitrogens with zero attached hydrogens (tertiary/aromatic N) is 1. The van der Waals surface area contributed by atoms with Crippen molar-refractivity contribution in [3.05, 3.63) is 57.2 Å². The van der Waals surface area contributed by atoms with Gasteiger partial charge in [-0.2, -0.15) is 0 Å². The molecule has 2 rings (SSSR count). The van der Waals surface area contributed by atoms with Gasteiger partial charge in [0.1, 0.15) is 12.4 Å². The zero-order valence-electron chi connectivity index (χ0n) is 8.36. The number of ether oxygens (including phenoxy) is 1. The highest BCUT2D eigenvalue weighted by Crippen LogP contribution is 2.18. The van der Waals surface area contributed by atoms with Crippen LogP contribution in [0.2, 0.25) is 0 Å². The molecule has 0 saturated carbocycles. The topological polar surface area (TPSA) is 22.1 Å². The Balaban J connectivity index is 1.99. The van der Waals surface area contributed by atoms with Crippen LogP contribution in [-0.2, 0) is 6.61 Å². The molecule has 0 aliphatic rings. The molecule has 0 atom stereocenters. The number of rotatable bonds is 3. The summed E-state index contributed by atoms with van der Waals surface area (Å²) in [6.45, 7) is 0.476. The molecule has 1 aromatic heterocycles. The van der Waals surface area contributed by atoms with Crippen LogP contribution in [0.25, 0.3) is 0 Å². The average molecular weight is 343 g/mol. The molecule has 2 nitrogen and oxygen atoms in total. The van der Waals surface area contributed by atoms with Crippen molar-refractivity contribution in [1.82, 2.24) is 4.98 Å². The van der Waals surface area contributed by atoms with Crippen molar-refractivity contribution in [2.45, 2.75) is 6.61 Å². The van der Waals surface area contributed by atoms with Crippen LogP contribution >= 0.6 is 31.9 Å². The molecule has 0 spiro atoms. The first-order valence-electron chi connectivity index (χ1n) is 4.73.